The summed E-state index contributed by atoms with van der Waals surface area (Å²) >= 11 is 4.79. The molecule has 4 N–H and O–H groups in total. The molecule has 4 nitrogen and oxygen atoms in total. The summed E-state index contributed by atoms with van der Waals surface area (Å²) in [4.78, 5) is 1.83. The van der Waals surface area contributed by atoms with Crippen molar-refractivity contribution in [2.24, 2.45) is 5.73 Å². The Morgan fingerprint density at radius 2 is 2.00 bits per heavy atom. The lowest BCUT2D eigenvalue weighted by atomic mass is 9.93. The van der Waals surface area contributed by atoms with Crippen LogP contribution in [0, 0.1) is 0 Å². The zero-order valence-electron chi connectivity index (χ0n) is 6.86. The number of hydrogen-bond acceptors (Lipinski definition) is 3. The van der Waals surface area contributed by atoms with Crippen molar-refractivity contribution < 1.29 is 10.2 Å². The van der Waals surface area contributed by atoms with Gasteiger partial charge in [-0.25, -0.2) is 0 Å². The molecule has 0 atom stereocenters. The van der Waals surface area contributed by atoms with Gasteiger partial charge in [-0.05, 0) is 25.1 Å². The van der Waals surface area contributed by atoms with Gasteiger partial charge < -0.3 is 20.8 Å². The molecular formula is C7H14N2O2S. The van der Waals surface area contributed by atoms with Gasteiger partial charge in [-0.15, -0.1) is 0 Å². The third-order valence-electron chi connectivity index (χ3n) is 2.30. The van der Waals surface area contributed by atoms with E-state index >= 15 is 0 Å². The fourth-order valence-corrected chi connectivity index (χ4v) is 1.48. The number of aliphatic hydroxyl groups excluding tert-OH is 1. The van der Waals surface area contributed by atoms with Gasteiger partial charge in [0.1, 0.15) is 0 Å². The average Bonchev–Trinajstić information content (AvgIpc) is 2.05. The summed E-state index contributed by atoms with van der Waals surface area (Å²) in [6.07, 6.45) is 1.06. The maximum Gasteiger partial charge on any atom is 0.166 e. The normalized spacial score (nSPS) is 22.3. The topological polar surface area (TPSA) is 69.7 Å². The molecule has 0 unspecified atom stereocenters. The molecule has 0 spiro atoms. The molecule has 0 aromatic rings. The molecule has 1 rings (SSSR count). The Morgan fingerprint density at radius 3 is 2.33 bits per heavy atom. The Kier molecular flexibility index (Phi) is 2.87. The van der Waals surface area contributed by atoms with Crippen molar-refractivity contribution in [2.75, 3.05) is 19.7 Å². The first-order chi connectivity index (χ1) is 5.57. The summed E-state index contributed by atoms with van der Waals surface area (Å²) in [6.45, 7) is 1.08. The number of likely N-dealkylation sites (tertiary alicyclic amines) is 1. The Labute approximate surface area is 77.0 Å². The Bertz CT molecular complexity index is 178. The second-order valence-corrected chi connectivity index (χ2v) is 3.63. The third kappa shape index (κ3) is 2.06. The fraction of sp³-hybridized carbons (Fsp3) is 0.857. The van der Waals surface area contributed by atoms with Gasteiger partial charge >= 0.3 is 0 Å². The highest BCUT2D eigenvalue weighted by molar-refractivity contribution is 7.80. The molecule has 0 bridgehead atoms. The second kappa shape index (κ2) is 3.55. The van der Waals surface area contributed by atoms with E-state index < -0.39 is 5.60 Å². The van der Waals surface area contributed by atoms with Crippen LogP contribution < -0.4 is 5.73 Å². The monoisotopic (exact) mass is 190 g/mol. The number of nitrogens with two attached hydrogens (primary N) is 1. The molecule has 0 aliphatic carbocycles. The molecule has 70 valence electrons. The van der Waals surface area contributed by atoms with E-state index in [2.05, 4.69) is 0 Å². The number of piperidine rings is 1. The number of nitrogens with zero attached hydrogens (tertiary/aromatic N) is 1. The number of thiocarbonyl (C=S) groups is 1. The lowest BCUT2D eigenvalue weighted by Crippen LogP contribution is -2.49. The van der Waals surface area contributed by atoms with E-state index in [9.17, 15) is 5.11 Å². The van der Waals surface area contributed by atoms with Gasteiger partial charge in [0, 0.05) is 13.1 Å². The van der Waals surface area contributed by atoms with Crippen LogP contribution in [0.15, 0.2) is 0 Å². The molecule has 1 heterocycles. The molecule has 1 fully saturated rings. The fourth-order valence-electron chi connectivity index (χ4n) is 1.30. The van der Waals surface area contributed by atoms with Crippen molar-refractivity contribution in [3.05, 3.63) is 0 Å². The highest BCUT2D eigenvalue weighted by atomic mass is 32.1. The Morgan fingerprint density at radius 1 is 1.50 bits per heavy atom. The summed E-state index contributed by atoms with van der Waals surface area (Å²) in [5.41, 5.74) is 4.50. The van der Waals surface area contributed by atoms with E-state index in [1.807, 2.05) is 4.90 Å². The first-order valence-electron chi connectivity index (χ1n) is 3.95. The number of rotatable bonds is 1. The zero-order chi connectivity index (χ0) is 9.19. The molecule has 12 heavy (non-hydrogen) atoms. The summed E-state index contributed by atoms with van der Waals surface area (Å²) in [7, 11) is 0. The molecule has 0 saturated carbocycles. The van der Waals surface area contributed by atoms with Gasteiger partial charge in [-0.2, -0.15) is 0 Å². The van der Waals surface area contributed by atoms with E-state index in [1.54, 1.807) is 0 Å². The van der Waals surface area contributed by atoms with Crippen molar-refractivity contribution in [1.82, 2.24) is 4.90 Å². The quantitative estimate of drug-likeness (QED) is 0.465. The van der Waals surface area contributed by atoms with Crippen LogP contribution in [0.4, 0.5) is 0 Å². The van der Waals surface area contributed by atoms with E-state index in [-0.39, 0.29) is 6.61 Å². The van der Waals surface area contributed by atoms with E-state index in [0.717, 1.165) is 0 Å². The van der Waals surface area contributed by atoms with Crippen molar-refractivity contribution in [1.29, 1.82) is 0 Å². The molecule has 0 radical (unpaired) electrons. The standard InChI is InChI=1S/C7H14N2O2S/c8-6(12)9-3-1-7(11,5-10)2-4-9/h10-11H,1-5H2,(H2,8,12). The first kappa shape index (κ1) is 9.70. The Balaban J connectivity index is 2.44. The lowest BCUT2D eigenvalue weighted by Gasteiger charge is -2.37. The minimum absolute atomic E-state index is 0.182. The minimum Gasteiger partial charge on any atom is -0.393 e. The van der Waals surface area contributed by atoms with E-state index in [1.165, 1.54) is 0 Å². The maximum atomic E-state index is 9.62. The van der Waals surface area contributed by atoms with Gasteiger partial charge in [0.2, 0.25) is 0 Å². The van der Waals surface area contributed by atoms with Crippen LogP contribution in [0.2, 0.25) is 0 Å². The summed E-state index contributed by atoms with van der Waals surface area (Å²) < 4.78 is 0. The number of hydrogen-bond donors (Lipinski definition) is 3. The van der Waals surface area contributed by atoms with Crippen molar-refractivity contribution in [3.8, 4) is 0 Å². The van der Waals surface area contributed by atoms with Crippen LogP contribution in [0.3, 0.4) is 0 Å². The largest absolute Gasteiger partial charge is 0.393 e. The van der Waals surface area contributed by atoms with Gasteiger partial charge in [0.25, 0.3) is 0 Å². The molecule has 1 aliphatic heterocycles. The van der Waals surface area contributed by atoms with E-state index in [4.69, 9.17) is 23.1 Å². The van der Waals surface area contributed by atoms with Crippen LogP contribution in [0.25, 0.3) is 0 Å². The smallest absolute Gasteiger partial charge is 0.166 e. The second-order valence-electron chi connectivity index (χ2n) is 3.21. The minimum atomic E-state index is -0.915. The molecule has 0 amide bonds. The van der Waals surface area contributed by atoms with Gasteiger partial charge in [-0.3, -0.25) is 0 Å². The van der Waals surface area contributed by atoms with Crippen LogP contribution in [0.1, 0.15) is 12.8 Å². The van der Waals surface area contributed by atoms with Crippen LogP contribution >= 0.6 is 12.2 Å². The van der Waals surface area contributed by atoms with Gasteiger partial charge in [-0.1, -0.05) is 0 Å². The molecule has 0 aromatic heterocycles. The summed E-state index contributed by atoms with van der Waals surface area (Å²) in [6, 6.07) is 0. The van der Waals surface area contributed by atoms with Gasteiger partial charge in [0.05, 0.1) is 12.2 Å². The highest BCUT2D eigenvalue weighted by Gasteiger charge is 2.31. The molecule has 5 heteroatoms. The zero-order valence-corrected chi connectivity index (χ0v) is 7.68. The lowest BCUT2D eigenvalue weighted by molar-refractivity contribution is -0.0496. The van der Waals surface area contributed by atoms with Gasteiger partial charge in [0.15, 0.2) is 5.11 Å². The van der Waals surface area contributed by atoms with Crippen molar-refractivity contribution in [2.45, 2.75) is 18.4 Å². The molecule has 1 aliphatic rings. The van der Waals surface area contributed by atoms with Crippen LogP contribution in [-0.2, 0) is 0 Å². The number of aliphatic hydroxyl groups is 2. The molecular weight excluding hydrogens is 176 g/mol. The van der Waals surface area contributed by atoms with Crippen LogP contribution in [0.5, 0.6) is 0 Å². The summed E-state index contributed by atoms with van der Waals surface area (Å²) in [5, 5.41) is 18.8. The maximum absolute atomic E-state index is 9.62. The predicted octanol–water partition coefficient (Wildman–Crippen LogP) is -0.951. The van der Waals surface area contributed by atoms with E-state index in [0.29, 0.717) is 31.0 Å². The molecule has 0 aromatic carbocycles. The average molecular weight is 190 g/mol. The van der Waals surface area contributed by atoms with Crippen LogP contribution in [-0.4, -0.2) is 45.5 Å². The SMILES string of the molecule is NC(=S)N1CCC(O)(CO)CC1. The predicted molar refractivity (Wildman–Crippen MR) is 49.6 cm³/mol. The van der Waals surface area contributed by atoms with Crippen molar-refractivity contribution in [3.63, 3.8) is 0 Å². The molecule has 1 saturated heterocycles. The Hall–Kier alpha value is -0.390. The first-order valence-corrected chi connectivity index (χ1v) is 4.36. The van der Waals surface area contributed by atoms with Crippen molar-refractivity contribution >= 4 is 17.3 Å². The third-order valence-corrected chi connectivity index (χ3v) is 2.56. The highest BCUT2D eigenvalue weighted by Crippen LogP contribution is 2.20. The summed E-state index contributed by atoms with van der Waals surface area (Å²) in [5.74, 6) is 0.